The van der Waals surface area contributed by atoms with E-state index in [2.05, 4.69) is 202 Å². The fourth-order valence-corrected chi connectivity index (χ4v) is 16.1. The summed E-state index contributed by atoms with van der Waals surface area (Å²) < 4.78 is 0. The normalized spacial score (nSPS) is 17.0. The largest absolute Gasteiger partial charge is 0.508 e. The quantitative estimate of drug-likeness (QED) is 0.0247. The molecule has 12 heteroatoms. The zero-order chi connectivity index (χ0) is 72.7. The number of likely N-dealkylation sites (N-methyl/N-ethyl adjacent to an activating group) is 1. The van der Waals surface area contributed by atoms with E-state index in [1.165, 1.54) is 126 Å². The van der Waals surface area contributed by atoms with Gasteiger partial charge >= 0.3 is 0 Å². The highest BCUT2D eigenvalue weighted by atomic mass is 16.6. The van der Waals surface area contributed by atoms with Crippen molar-refractivity contribution in [3.8, 4) is 5.75 Å². The first-order chi connectivity index (χ1) is 51.6. The number of nitro benzene ring substituents is 1. The van der Waals surface area contributed by atoms with Crippen LogP contribution in [0.15, 0.2) is 237 Å². The Morgan fingerprint density at radius 3 is 1.10 bits per heavy atom. The number of aryl methyl sites for hydroxylation is 1. The first-order valence-electron chi connectivity index (χ1n) is 38.9. The summed E-state index contributed by atoms with van der Waals surface area (Å²) in [5.74, 6) is 0.866. The smallest absolute Gasteiger partial charge is 0.269 e. The number of rotatable bonds is 25. The monoisotopic (exact) mass is 1400 g/mol. The second-order valence-electron chi connectivity index (χ2n) is 29.0. The van der Waals surface area contributed by atoms with Gasteiger partial charge in [0.05, 0.1) is 4.92 Å². The van der Waals surface area contributed by atoms with E-state index >= 15 is 0 Å². The number of aliphatic hydroxyl groups is 3. The number of hydrogen-bond donors (Lipinski definition) is 4. The second-order valence-corrected chi connectivity index (χ2v) is 29.0. The molecule has 105 heavy (non-hydrogen) atoms. The number of anilines is 2. The third kappa shape index (κ3) is 20.2. The van der Waals surface area contributed by atoms with E-state index in [0.717, 1.165) is 135 Å². The summed E-state index contributed by atoms with van der Waals surface area (Å²) in [7, 11) is 0. The number of non-ortho nitro benzene ring substituents is 1. The second kappa shape index (κ2) is 38.2. The van der Waals surface area contributed by atoms with Crippen LogP contribution >= 0.6 is 0 Å². The standard InChI is InChI=1S/C32H38N2O2.C31H34N2O3.C30H36N2O/c35-24-6-11-31(25-7-2-1-3-8-25)32(27-14-18-30(36)19-15-27)26-12-16-29(17-13-26)34-22-20-33(21-23-34)28-9-4-5-10-28;34-22-4-7-30(25-5-2-1-3-6-25)31(27-12-14-29(15-13-27)33(35)36)26-10-8-23(9-11-26)24-18-20-32(21-19-24)28-16-17-28;1-3-31-19-21-32(22-20-31)28-17-15-27(16-18-28)30(26-13-11-24(2)12-14-26)29(10-7-23-33)25-8-5-4-6-9-25/h1-3,7-8,12-19,28,35-36H,4-6,9-11,20-24H2;1-3,5-6,8-15,24,28,34H,4,7,16-22H2;4-6,8-9,11-18,33H,3,7,10,19-23H2,1-2H3/b32-31+;31-30+;30-29-. The van der Waals surface area contributed by atoms with Gasteiger partial charge in [-0.15, -0.1) is 0 Å². The van der Waals surface area contributed by atoms with Crippen molar-refractivity contribution in [2.75, 3.05) is 102 Å². The van der Waals surface area contributed by atoms with Gasteiger partial charge in [-0.05, 0) is 247 Å². The molecule has 2 saturated carbocycles. The van der Waals surface area contributed by atoms with Crippen LogP contribution in [0.25, 0.3) is 33.4 Å². The van der Waals surface area contributed by atoms with Crippen LogP contribution in [0.5, 0.6) is 5.75 Å². The predicted molar refractivity (Wildman–Crippen MR) is 435 cm³/mol. The van der Waals surface area contributed by atoms with Crippen molar-refractivity contribution in [1.82, 2.24) is 14.7 Å². The topological polar surface area (TPSA) is 140 Å². The predicted octanol–water partition coefficient (Wildman–Crippen LogP) is 18.7. The number of nitrogens with zero attached hydrogens (tertiary/aromatic N) is 6. The molecule has 9 aromatic rings. The van der Waals surface area contributed by atoms with Crippen molar-refractivity contribution in [2.45, 2.75) is 122 Å². The van der Waals surface area contributed by atoms with Crippen molar-refractivity contribution in [1.29, 1.82) is 0 Å². The molecular formula is C93H108N6O6. The highest BCUT2D eigenvalue weighted by Gasteiger charge is 2.33. The number of benzene rings is 9. The lowest BCUT2D eigenvalue weighted by Crippen LogP contribution is -2.49. The molecule has 0 bridgehead atoms. The van der Waals surface area contributed by atoms with Crippen molar-refractivity contribution in [2.24, 2.45) is 0 Å². The highest BCUT2D eigenvalue weighted by molar-refractivity contribution is 6.01. The van der Waals surface area contributed by atoms with E-state index in [9.17, 15) is 30.5 Å². The molecule has 0 unspecified atom stereocenters. The summed E-state index contributed by atoms with van der Waals surface area (Å²) >= 11 is 0. The maximum atomic E-state index is 11.3. The van der Waals surface area contributed by atoms with Crippen molar-refractivity contribution < 1.29 is 25.3 Å². The molecule has 2 aliphatic carbocycles. The molecule has 546 valence electrons. The zero-order valence-corrected chi connectivity index (χ0v) is 61.8. The van der Waals surface area contributed by atoms with Gasteiger partial charge in [-0.3, -0.25) is 15.0 Å². The number of hydrogen-bond acceptors (Lipinski definition) is 11. The van der Waals surface area contributed by atoms with Crippen LogP contribution in [0.2, 0.25) is 0 Å². The maximum Gasteiger partial charge on any atom is 0.269 e. The van der Waals surface area contributed by atoms with E-state index in [1.54, 1.807) is 24.3 Å². The minimum Gasteiger partial charge on any atom is -0.508 e. The SMILES string of the molecule is CCN1CCN(c2ccc(/C(=C(/CCCO)c3ccccc3)c3ccc(C)cc3)cc2)CC1.O=[N+]([O-])c1ccc(/C(=C(\CCCO)c2ccccc2)c2ccc(C3CCN(C4CC4)CC3)cc2)cc1.OCCC/C(=C(\c1ccc(O)cc1)c1ccc(N2CCN(C3CCCC3)CC2)cc1)c1ccccc1. The molecule has 3 aliphatic heterocycles. The Kier molecular flexibility index (Phi) is 27.4. The molecule has 5 fully saturated rings. The molecule has 14 rings (SSSR count). The lowest BCUT2D eigenvalue weighted by atomic mass is 9.85. The Bertz CT molecular complexity index is 4230. The fourth-order valence-electron chi connectivity index (χ4n) is 16.1. The number of phenols is 1. The lowest BCUT2D eigenvalue weighted by molar-refractivity contribution is -0.384. The van der Waals surface area contributed by atoms with Gasteiger partial charge in [-0.2, -0.15) is 0 Å². The third-order valence-electron chi connectivity index (χ3n) is 22.2. The molecular weight excluding hydrogens is 1300 g/mol. The highest BCUT2D eigenvalue weighted by Crippen LogP contribution is 2.42. The van der Waals surface area contributed by atoms with Crippen molar-refractivity contribution in [3.63, 3.8) is 0 Å². The van der Waals surface area contributed by atoms with E-state index in [4.69, 9.17) is 0 Å². The maximum absolute atomic E-state index is 11.3. The number of aromatic hydroxyl groups is 1. The van der Waals surface area contributed by atoms with Gasteiger partial charge in [0.2, 0.25) is 0 Å². The number of piperidine rings is 1. The zero-order valence-electron chi connectivity index (χ0n) is 61.8. The molecule has 9 aromatic carbocycles. The summed E-state index contributed by atoms with van der Waals surface area (Å²) in [4.78, 5) is 23.8. The minimum absolute atomic E-state index is 0.0857. The number of aliphatic hydroxyl groups excluding tert-OH is 3. The van der Waals surface area contributed by atoms with Crippen LogP contribution in [-0.2, 0) is 0 Å². The Balaban J connectivity index is 0.000000148. The third-order valence-corrected chi connectivity index (χ3v) is 22.2. The van der Waals surface area contributed by atoms with Gasteiger partial charge in [0, 0.05) is 108 Å². The molecule has 0 atom stereocenters. The molecule has 0 spiro atoms. The van der Waals surface area contributed by atoms with Gasteiger partial charge in [0.1, 0.15) is 5.75 Å². The number of piperazine rings is 2. The average molecular weight is 1410 g/mol. The van der Waals surface area contributed by atoms with Crippen LogP contribution in [-0.4, -0.2) is 144 Å². The van der Waals surface area contributed by atoms with Gasteiger partial charge in [0.25, 0.3) is 5.69 Å². The van der Waals surface area contributed by atoms with Crippen LogP contribution < -0.4 is 9.80 Å². The molecule has 12 nitrogen and oxygen atoms in total. The molecule has 0 amide bonds. The van der Waals surface area contributed by atoms with E-state index in [0.29, 0.717) is 25.2 Å². The summed E-state index contributed by atoms with van der Waals surface area (Å²) in [6, 6.07) is 83.2. The molecule has 4 N–H and O–H groups in total. The van der Waals surface area contributed by atoms with Gasteiger partial charge in [-0.1, -0.05) is 201 Å². The van der Waals surface area contributed by atoms with E-state index in [1.807, 2.05) is 48.5 Å². The van der Waals surface area contributed by atoms with Gasteiger partial charge in [0.15, 0.2) is 0 Å². The van der Waals surface area contributed by atoms with Crippen molar-refractivity contribution in [3.05, 3.63) is 308 Å². The fraction of sp³-hybridized carbons (Fsp3) is 0.355. The molecule has 5 aliphatic rings. The number of likely N-dealkylation sites (tertiary alicyclic amines) is 1. The molecule has 0 radical (unpaired) electrons. The number of allylic oxidation sites excluding steroid dienone is 3. The Labute approximate surface area is 624 Å². The van der Waals surface area contributed by atoms with Crippen LogP contribution in [0.4, 0.5) is 17.1 Å². The van der Waals surface area contributed by atoms with E-state index in [-0.39, 0.29) is 36.2 Å². The summed E-state index contributed by atoms with van der Waals surface area (Å²) in [5.41, 5.74) is 22.7. The van der Waals surface area contributed by atoms with E-state index < -0.39 is 0 Å². The number of phenolic OH excluding ortho intramolecular Hbond substituents is 1. The first kappa shape index (κ1) is 75.4. The van der Waals surface area contributed by atoms with Crippen LogP contribution in [0, 0.1) is 17.0 Å². The average Bonchev–Trinajstić information content (AvgIpc) is 1.32. The summed E-state index contributed by atoms with van der Waals surface area (Å²) in [5, 5.41) is 50.0. The summed E-state index contributed by atoms with van der Waals surface area (Å²) in [6.45, 7) is 17.3. The Hall–Kier alpha value is -9.24. The van der Waals surface area contributed by atoms with Crippen LogP contribution in [0.3, 0.4) is 0 Å². The molecule has 3 heterocycles. The van der Waals surface area contributed by atoms with Gasteiger partial charge in [-0.25, -0.2) is 0 Å². The molecule has 0 aromatic heterocycles. The first-order valence-corrected chi connectivity index (χ1v) is 38.9. The Morgan fingerprint density at radius 1 is 0.390 bits per heavy atom. The lowest BCUT2D eigenvalue weighted by Gasteiger charge is -2.39. The summed E-state index contributed by atoms with van der Waals surface area (Å²) in [6.07, 6.45) is 15.2. The number of nitro groups is 1. The molecule has 3 saturated heterocycles. The minimum atomic E-state index is -0.361. The van der Waals surface area contributed by atoms with Gasteiger partial charge < -0.3 is 40.0 Å². The van der Waals surface area contributed by atoms with Crippen molar-refractivity contribution >= 4 is 50.5 Å². The Morgan fingerprint density at radius 2 is 0.733 bits per heavy atom. The van der Waals surface area contributed by atoms with Crippen LogP contribution in [0.1, 0.15) is 164 Å².